The van der Waals surface area contributed by atoms with Crippen LogP contribution in [-0.4, -0.2) is 77.5 Å². The summed E-state index contributed by atoms with van der Waals surface area (Å²) in [6.07, 6.45) is 2.37. The minimum Gasteiger partial charge on any atom is -0.382 e. The summed E-state index contributed by atoms with van der Waals surface area (Å²) in [6.45, 7) is 10.2. The van der Waals surface area contributed by atoms with Crippen LogP contribution in [0.15, 0.2) is 24.3 Å². The minimum absolute atomic E-state index is 0.0651. The maximum absolute atomic E-state index is 11.9. The third kappa shape index (κ3) is 5.39. The van der Waals surface area contributed by atoms with E-state index in [0.29, 0.717) is 17.9 Å². The van der Waals surface area contributed by atoms with Crippen LogP contribution in [0.2, 0.25) is 5.15 Å². The van der Waals surface area contributed by atoms with Gasteiger partial charge in [0.1, 0.15) is 0 Å². The number of halogens is 1. The highest BCUT2D eigenvalue weighted by atomic mass is 35.5. The Morgan fingerprint density at radius 2 is 1.85 bits per heavy atom. The van der Waals surface area contributed by atoms with Crippen LogP contribution in [-0.2, 0) is 6.54 Å². The lowest BCUT2D eigenvalue weighted by atomic mass is 9.99. The molecule has 0 saturated carbocycles. The number of nitrogens with one attached hydrogen (secondary N) is 1. The van der Waals surface area contributed by atoms with Crippen molar-refractivity contribution in [1.82, 2.24) is 25.1 Å². The van der Waals surface area contributed by atoms with Gasteiger partial charge in [-0.1, -0.05) is 41.4 Å². The van der Waals surface area contributed by atoms with Crippen LogP contribution in [0, 0.1) is 6.92 Å². The van der Waals surface area contributed by atoms with Crippen molar-refractivity contribution < 1.29 is 4.79 Å². The molecule has 1 atom stereocenters. The largest absolute Gasteiger partial charge is 0.382 e. The number of aromatic nitrogens is 2. The molecule has 33 heavy (non-hydrogen) atoms. The second-order valence-electron chi connectivity index (χ2n) is 9.18. The van der Waals surface area contributed by atoms with Gasteiger partial charge in [0.25, 0.3) is 5.91 Å². The van der Waals surface area contributed by atoms with Crippen LogP contribution in [0.25, 0.3) is 0 Å². The number of hydrogen-bond donors (Lipinski definition) is 2. The molecule has 2 aliphatic heterocycles. The Balaban J connectivity index is 1.33. The van der Waals surface area contributed by atoms with Crippen LogP contribution in [0.4, 0.5) is 11.6 Å². The summed E-state index contributed by atoms with van der Waals surface area (Å²) in [5, 5.41) is 2.73. The SMILES string of the molecule is CNC(=O)c1nc(Cl)c(N2CCN(C3CCN(Cc4ccc(C)cc4)CC3)[C@@H](C)C2)nc1N. The molecule has 2 saturated heterocycles. The highest BCUT2D eigenvalue weighted by Gasteiger charge is 2.33. The number of hydrogen-bond acceptors (Lipinski definition) is 7. The van der Waals surface area contributed by atoms with Crippen molar-refractivity contribution in [3.63, 3.8) is 0 Å². The molecule has 2 fully saturated rings. The Morgan fingerprint density at radius 1 is 1.15 bits per heavy atom. The summed E-state index contributed by atoms with van der Waals surface area (Å²) in [5.41, 5.74) is 8.76. The van der Waals surface area contributed by atoms with E-state index in [1.165, 1.54) is 31.0 Å². The maximum Gasteiger partial charge on any atom is 0.273 e. The number of carbonyl (C=O) groups excluding carboxylic acids is 1. The number of nitrogen functional groups attached to an aromatic ring is 1. The molecular weight excluding hydrogens is 438 g/mol. The second kappa shape index (κ2) is 10.2. The van der Waals surface area contributed by atoms with Gasteiger partial charge >= 0.3 is 0 Å². The minimum atomic E-state index is -0.389. The number of anilines is 2. The molecule has 2 aliphatic rings. The monoisotopic (exact) mass is 471 g/mol. The maximum atomic E-state index is 11.9. The number of aryl methyl sites for hydroxylation is 1. The Labute approximate surface area is 201 Å². The van der Waals surface area contributed by atoms with Gasteiger partial charge in [-0.05, 0) is 45.3 Å². The lowest BCUT2D eigenvalue weighted by molar-refractivity contribution is 0.0690. The number of rotatable bonds is 5. The average Bonchev–Trinajstić information content (AvgIpc) is 2.82. The molecule has 4 rings (SSSR count). The molecule has 3 heterocycles. The molecule has 2 aromatic rings. The molecule has 8 nitrogen and oxygen atoms in total. The second-order valence-corrected chi connectivity index (χ2v) is 9.53. The molecule has 0 aliphatic carbocycles. The number of likely N-dealkylation sites (tertiary alicyclic amines) is 1. The Bertz CT molecular complexity index is 976. The molecule has 0 bridgehead atoms. The fraction of sp³-hybridized carbons (Fsp3) is 0.542. The van der Waals surface area contributed by atoms with Crippen LogP contribution < -0.4 is 16.0 Å². The van der Waals surface area contributed by atoms with Gasteiger partial charge in [-0.15, -0.1) is 0 Å². The molecule has 0 unspecified atom stereocenters. The van der Waals surface area contributed by atoms with E-state index in [1.54, 1.807) is 0 Å². The summed E-state index contributed by atoms with van der Waals surface area (Å²) in [6, 6.07) is 9.83. The zero-order valence-corrected chi connectivity index (χ0v) is 20.5. The van der Waals surface area contributed by atoms with E-state index >= 15 is 0 Å². The fourth-order valence-corrected chi connectivity index (χ4v) is 5.22. The van der Waals surface area contributed by atoms with E-state index in [2.05, 4.69) is 68.1 Å². The van der Waals surface area contributed by atoms with E-state index in [1.807, 2.05) is 0 Å². The van der Waals surface area contributed by atoms with Crippen molar-refractivity contribution in [3.05, 3.63) is 46.2 Å². The Hall–Kier alpha value is -2.42. The Morgan fingerprint density at radius 3 is 2.48 bits per heavy atom. The molecule has 178 valence electrons. The van der Waals surface area contributed by atoms with Crippen molar-refractivity contribution in [2.24, 2.45) is 0 Å². The van der Waals surface area contributed by atoms with E-state index in [9.17, 15) is 4.79 Å². The normalized spacial score (nSPS) is 20.7. The third-order valence-corrected chi connectivity index (χ3v) is 7.09. The van der Waals surface area contributed by atoms with E-state index < -0.39 is 0 Å². The van der Waals surface area contributed by atoms with Gasteiger partial charge in [-0.25, -0.2) is 9.97 Å². The molecule has 0 radical (unpaired) electrons. The average molecular weight is 472 g/mol. The Kier molecular flexibility index (Phi) is 7.36. The summed E-state index contributed by atoms with van der Waals surface area (Å²) in [5.74, 6) is 0.270. The number of benzene rings is 1. The van der Waals surface area contributed by atoms with Gasteiger partial charge in [0.15, 0.2) is 22.5 Å². The topological polar surface area (TPSA) is 90.6 Å². The van der Waals surface area contributed by atoms with Crippen LogP contribution >= 0.6 is 11.6 Å². The van der Waals surface area contributed by atoms with Crippen LogP contribution in [0.1, 0.15) is 41.4 Å². The number of carbonyl (C=O) groups is 1. The molecular formula is C24H34ClN7O. The van der Waals surface area contributed by atoms with Gasteiger partial charge in [0.2, 0.25) is 0 Å². The number of nitrogens with two attached hydrogens (primary N) is 1. The summed E-state index contributed by atoms with van der Waals surface area (Å²) in [4.78, 5) is 27.9. The van der Waals surface area contributed by atoms with Gasteiger partial charge in [0, 0.05) is 45.3 Å². The number of piperidine rings is 1. The lowest BCUT2D eigenvalue weighted by Crippen LogP contribution is -2.57. The number of amides is 1. The van der Waals surface area contributed by atoms with Crippen molar-refractivity contribution >= 4 is 29.1 Å². The number of nitrogens with zero attached hydrogens (tertiary/aromatic N) is 5. The van der Waals surface area contributed by atoms with Crippen molar-refractivity contribution in [3.8, 4) is 0 Å². The van der Waals surface area contributed by atoms with Crippen LogP contribution in [0.5, 0.6) is 0 Å². The molecule has 1 aromatic carbocycles. The van der Waals surface area contributed by atoms with Crippen molar-refractivity contribution in [2.75, 3.05) is 50.4 Å². The molecule has 3 N–H and O–H groups in total. The van der Waals surface area contributed by atoms with Crippen LogP contribution in [0.3, 0.4) is 0 Å². The van der Waals surface area contributed by atoms with E-state index in [-0.39, 0.29) is 22.6 Å². The predicted octanol–water partition coefficient (Wildman–Crippen LogP) is 2.56. The van der Waals surface area contributed by atoms with E-state index in [0.717, 1.165) is 39.3 Å². The molecule has 0 spiro atoms. The summed E-state index contributed by atoms with van der Waals surface area (Å²) < 4.78 is 0. The van der Waals surface area contributed by atoms with Crippen molar-refractivity contribution in [1.29, 1.82) is 0 Å². The first-order valence-corrected chi connectivity index (χ1v) is 12.1. The smallest absolute Gasteiger partial charge is 0.273 e. The first-order valence-electron chi connectivity index (χ1n) is 11.7. The van der Waals surface area contributed by atoms with Gasteiger partial charge in [-0.3, -0.25) is 14.6 Å². The highest BCUT2D eigenvalue weighted by molar-refractivity contribution is 6.32. The quantitative estimate of drug-likeness (QED) is 0.692. The van der Waals surface area contributed by atoms with Crippen molar-refractivity contribution in [2.45, 2.75) is 45.3 Å². The van der Waals surface area contributed by atoms with Gasteiger partial charge < -0.3 is 16.0 Å². The molecule has 1 aromatic heterocycles. The summed E-state index contributed by atoms with van der Waals surface area (Å²) in [7, 11) is 1.53. The highest BCUT2D eigenvalue weighted by Crippen LogP contribution is 2.29. The third-order valence-electron chi connectivity index (χ3n) is 6.84. The van der Waals surface area contributed by atoms with Gasteiger partial charge in [0.05, 0.1) is 0 Å². The standard InChI is InChI=1S/C24H34ClN7O/c1-16-4-6-18(7-5-16)15-30-10-8-19(9-11-30)32-13-12-31(14-17(32)2)23-21(25)28-20(22(26)29-23)24(33)27-3/h4-7,17,19H,8-15H2,1-3H3,(H2,26,29)(H,27,33)/t17-/m0/s1. The lowest BCUT2D eigenvalue weighted by Gasteiger charge is -2.46. The first kappa shape index (κ1) is 23.7. The first-order chi connectivity index (χ1) is 15.9. The summed E-state index contributed by atoms with van der Waals surface area (Å²) >= 11 is 6.39. The number of piperazine rings is 1. The fourth-order valence-electron chi connectivity index (χ4n) is 4.97. The van der Waals surface area contributed by atoms with Gasteiger partial charge in [-0.2, -0.15) is 0 Å². The zero-order valence-electron chi connectivity index (χ0n) is 19.7. The molecule has 1 amide bonds. The molecule has 9 heteroatoms. The predicted molar refractivity (Wildman–Crippen MR) is 133 cm³/mol. The van der Waals surface area contributed by atoms with E-state index in [4.69, 9.17) is 17.3 Å². The zero-order chi connectivity index (χ0) is 23.5.